The van der Waals surface area contributed by atoms with Gasteiger partial charge in [0.1, 0.15) is 0 Å². The fourth-order valence-electron chi connectivity index (χ4n) is 6.21. The highest BCUT2D eigenvalue weighted by atomic mass is 16.2. The second-order valence-corrected chi connectivity index (χ2v) is 10.1. The Balaban J connectivity index is 1.28. The van der Waals surface area contributed by atoms with Gasteiger partial charge in [-0.05, 0) is 55.4 Å². The number of nitrogens with zero attached hydrogens (tertiary/aromatic N) is 3. The van der Waals surface area contributed by atoms with E-state index in [-0.39, 0.29) is 5.92 Å². The van der Waals surface area contributed by atoms with Crippen LogP contribution in [0.5, 0.6) is 0 Å². The number of amides is 1. The Morgan fingerprint density at radius 3 is 2.30 bits per heavy atom. The average molecular weight is 446 g/mol. The SMILES string of the molecule is CCc1ccccc1N1CCN(CC2CCc3ccccc3N2C(=O)C2CCCCC2)CC1. The average Bonchev–Trinajstić information content (AvgIpc) is 2.89. The topological polar surface area (TPSA) is 26.8 Å². The number of anilines is 2. The van der Waals surface area contributed by atoms with Crippen LogP contribution in [0.25, 0.3) is 0 Å². The molecule has 1 unspecified atom stereocenters. The minimum absolute atomic E-state index is 0.217. The van der Waals surface area contributed by atoms with Crippen LogP contribution in [0.15, 0.2) is 48.5 Å². The molecule has 1 saturated heterocycles. The van der Waals surface area contributed by atoms with Gasteiger partial charge in [0, 0.05) is 56.1 Å². The van der Waals surface area contributed by atoms with Gasteiger partial charge in [0.2, 0.25) is 5.91 Å². The fourth-order valence-corrected chi connectivity index (χ4v) is 6.21. The molecule has 33 heavy (non-hydrogen) atoms. The van der Waals surface area contributed by atoms with E-state index in [0.29, 0.717) is 11.9 Å². The molecule has 4 nitrogen and oxygen atoms in total. The summed E-state index contributed by atoms with van der Waals surface area (Å²) >= 11 is 0. The Morgan fingerprint density at radius 2 is 1.55 bits per heavy atom. The number of para-hydroxylation sites is 2. The van der Waals surface area contributed by atoms with Crippen LogP contribution in [0, 0.1) is 5.92 Å². The minimum Gasteiger partial charge on any atom is -0.369 e. The molecule has 5 rings (SSSR count). The van der Waals surface area contributed by atoms with E-state index in [1.807, 2.05) is 0 Å². The van der Waals surface area contributed by atoms with Gasteiger partial charge in [0.15, 0.2) is 0 Å². The summed E-state index contributed by atoms with van der Waals surface area (Å²) < 4.78 is 0. The minimum atomic E-state index is 0.217. The van der Waals surface area contributed by atoms with Crippen LogP contribution < -0.4 is 9.80 Å². The van der Waals surface area contributed by atoms with Gasteiger partial charge < -0.3 is 9.80 Å². The zero-order chi connectivity index (χ0) is 22.6. The van der Waals surface area contributed by atoms with Crippen molar-refractivity contribution in [3.8, 4) is 0 Å². The highest BCUT2D eigenvalue weighted by Crippen LogP contribution is 2.35. The van der Waals surface area contributed by atoms with E-state index in [4.69, 9.17) is 0 Å². The van der Waals surface area contributed by atoms with Gasteiger partial charge in [0.25, 0.3) is 0 Å². The molecule has 0 spiro atoms. The van der Waals surface area contributed by atoms with Gasteiger partial charge in [-0.15, -0.1) is 0 Å². The van der Waals surface area contributed by atoms with Crippen molar-refractivity contribution in [3.05, 3.63) is 59.7 Å². The third-order valence-corrected chi connectivity index (χ3v) is 8.11. The molecule has 0 radical (unpaired) electrons. The fraction of sp³-hybridized carbons (Fsp3) is 0.552. The lowest BCUT2D eigenvalue weighted by Gasteiger charge is -2.44. The summed E-state index contributed by atoms with van der Waals surface area (Å²) in [5.74, 6) is 0.608. The summed E-state index contributed by atoms with van der Waals surface area (Å²) in [4.78, 5) is 21.2. The van der Waals surface area contributed by atoms with Gasteiger partial charge in [0.05, 0.1) is 0 Å². The van der Waals surface area contributed by atoms with Gasteiger partial charge >= 0.3 is 0 Å². The van der Waals surface area contributed by atoms with Crippen molar-refractivity contribution in [2.24, 2.45) is 5.92 Å². The molecule has 0 bridgehead atoms. The molecule has 4 heteroatoms. The van der Waals surface area contributed by atoms with Crippen LogP contribution in [-0.2, 0) is 17.6 Å². The van der Waals surface area contributed by atoms with Crippen molar-refractivity contribution in [1.29, 1.82) is 0 Å². The van der Waals surface area contributed by atoms with E-state index in [1.54, 1.807) is 0 Å². The molecule has 3 aliphatic rings. The zero-order valence-electron chi connectivity index (χ0n) is 20.2. The second-order valence-electron chi connectivity index (χ2n) is 10.1. The van der Waals surface area contributed by atoms with Crippen LogP contribution >= 0.6 is 0 Å². The maximum absolute atomic E-state index is 13.8. The van der Waals surface area contributed by atoms with Crippen molar-refractivity contribution in [1.82, 2.24) is 4.90 Å². The molecular weight excluding hydrogens is 406 g/mol. The molecule has 1 aliphatic carbocycles. The third kappa shape index (κ3) is 4.82. The summed E-state index contributed by atoms with van der Waals surface area (Å²) in [6, 6.07) is 17.8. The number of rotatable bonds is 5. The van der Waals surface area contributed by atoms with Crippen molar-refractivity contribution in [2.45, 2.75) is 64.3 Å². The Hall–Kier alpha value is -2.33. The molecule has 1 atom stereocenters. The van der Waals surface area contributed by atoms with E-state index >= 15 is 0 Å². The van der Waals surface area contributed by atoms with Gasteiger partial charge in [-0.25, -0.2) is 0 Å². The number of fused-ring (bicyclic) bond motifs is 1. The van der Waals surface area contributed by atoms with Crippen LogP contribution in [-0.4, -0.2) is 49.6 Å². The number of benzene rings is 2. The third-order valence-electron chi connectivity index (χ3n) is 8.11. The number of carbonyl (C=O) groups is 1. The second kappa shape index (κ2) is 10.3. The molecular formula is C29H39N3O. The summed E-state index contributed by atoms with van der Waals surface area (Å²) in [7, 11) is 0. The maximum Gasteiger partial charge on any atom is 0.230 e. The Bertz CT molecular complexity index is 943. The van der Waals surface area contributed by atoms with E-state index in [9.17, 15) is 4.79 Å². The first-order chi connectivity index (χ1) is 16.2. The predicted molar refractivity (Wildman–Crippen MR) is 137 cm³/mol. The summed E-state index contributed by atoms with van der Waals surface area (Å²) in [5, 5.41) is 0. The van der Waals surface area contributed by atoms with E-state index in [0.717, 1.165) is 64.8 Å². The first-order valence-electron chi connectivity index (χ1n) is 13.2. The zero-order valence-corrected chi connectivity index (χ0v) is 20.2. The van der Waals surface area contributed by atoms with Gasteiger partial charge in [-0.3, -0.25) is 9.69 Å². The van der Waals surface area contributed by atoms with Gasteiger partial charge in [-0.1, -0.05) is 62.6 Å². The quantitative estimate of drug-likeness (QED) is 0.625. The molecule has 2 aromatic rings. The molecule has 2 heterocycles. The standard InChI is InChI=1S/C29H39N3O/c1-2-23-10-6-8-14-27(23)31-20-18-30(19-21-31)22-26-17-16-24-11-7-9-15-28(24)32(26)29(33)25-12-4-3-5-13-25/h6-11,14-15,25-26H,2-5,12-13,16-22H2,1H3. The highest BCUT2D eigenvalue weighted by Gasteiger charge is 2.36. The molecule has 2 aliphatic heterocycles. The lowest BCUT2D eigenvalue weighted by Crippen LogP contribution is -2.55. The van der Waals surface area contributed by atoms with Crippen LogP contribution in [0.4, 0.5) is 11.4 Å². The van der Waals surface area contributed by atoms with Crippen molar-refractivity contribution in [3.63, 3.8) is 0 Å². The monoisotopic (exact) mass is 445 g/mol. The molecule has 2 fully saturated rings. The Labute approximate surface area is 199 Å². The summed E-state index contributed by atoms with van der Waals surface area (Å²) in [6.45, 7) is 7.51. The number of piperazine rings is 1. The van der Waals surface area contributed by atoms with Crippen molar-refractivity contribution in [2.75, 3.05) is 42.5 Å². The number of hydrogen-bond donors (Lipinski definition) is 0. The normalized spacial score (nSPS) is 22.3. The Morgan fingerprint density at radius 1 is 0.848 bits per heavy atom. The smallest absolute Gasteiger partial charge is 0.230 e. The molecule has 176 valence electrons. The highest BCUT2D eigenvalue weighted by molar-refractivity contribution is 5.97. The summed E-state index contributed by atoms with van der Waals surface area (Å²) in [6.07, 6.45) is 9.08. The largest absolute Gasteiger partial charge is 0.369 e. The lowest BCUT2D eigenvalue weighted by molar-refractivity contribution is -0.124. The van der Waals surface area contributed by atoms with Crippen LogP contribution in [0.2, 0.25) is 0 Å². The molecule has 1 saturated carbocycles. The molecule has 0 aromatic heterocycles. The van der Waals surface area contributed by atoms with E-state index in [1.165, 1.54) is 41.8 Å². The maximum atomic E-state index is 13.8. The number of carbonyl (C=O) groups excluding carboxylic acids is 1. The van der Waals surface area contributed by atoms with Crippen molar-refractivity contribution >= 4 is 17.3 Å². The van der Waals surface area contributed by atoms with Gasteiger partial charge in [-0.2, -0.15) is 0 Å². The molecule has 2 aromatic carbocycles. The first-order valence-corrected chi connectivity index (χ1v) is 13.2. The van der Waals surface area contributed by atoms with Crippen molar-refractivity contribution < 1.29 is 4.79 Å². The van der Waals surface area contributed by atoms with Crippen LogP contribution in [0.3, 0.4) is 0 Å². The molecule has 1 amide bonds. The predicted octanol–water partition coefficient (Wildman–Crippen LogP) is 5.30. The van der Waals surface area contributed by atoms with E-state index in [2.05, 4.69) is 70.2 Å². The number of aryl methyl sites for hydroxylation is 2. The Kier molecular flexibility index (Phi) is 7.01. The first kappa shape index (κ1) is 22.5. The lowest BCUT2D eigenvalue weighted by atomic mass is 9.86. The molecule has 0 N–H and O–H groups in total. The summed E-state index contributed by atoms with van der Waals surface area (Å²) in [5.41, 5.74) is 5.37. The van der Waals surface area contributed by atoms with E-state index < -0.39 is 0 Å². The number of hydrogen-bond acceptors (Lipinski definition) is 3. The van der Waals surface area contributed by atoms with Crippen LogP contribution in [0.1, 0.15) is 56.6 Å².